The molecule has 5 nitrogen and oxygen atoms in total. The number of halogens is 1. The number of thiophene rings is 1. The average Bonchev–Trinajstić information content (AvgIpc) is 2.84. The Balaban J connectivity index is 1.73. The SMILES string of the molecule is O=C(O)CC1CN(C(=O)CCCc2ccc(Br)s2)CCO1. The maximum atomic E-state index is 12.1. The van der Waals surface area contributed by atoms with Gasteiger partial charge in [0.15, 0.2) is 0 Å². The van der Waals surface area contributed by atoms with E-state index in [0.29, 0.717) is 26.1 Å². The number of hydrogen-bond donors (Lipinski definition) is 1. The number of aryl methyl sites for hydroxylation is 1. The largest absolute Gasteiger partial charge is 0.481 e. The molecule has 116 valence electrons. The molecule has 1 aliphatic rings. The fourth-order valence-corrected chi connectivity index (χ4v) is 3.85. The molecule has 1 amide bonds. The third kappa shape index (κ3) is 5.41. The topological polar surface area (TPSA) is 66.8 Å². The summed E-state index contributed by atoms with van der Waals surface area (Å²) in [5, 5.41) is 8.77. The summed E-state index contributed by atoms with van der Waals surface area (Å²) in [5.41, 5.74) is 0. The third-order valence-corrected chi connectivity index (χ3v) is 5.02. The molecule has 0 radical (unpaired) electrons. The zero-order chi connectivity index (χ0) is 15.2. The molecule has 7 heteroatoms. The number of morpholine rings is 1. The predicted molar refractivity (Wildman–Crippen MR) is 83.5 cm³/mol. The van der Waals surface area contributed by atoms with E-state index in [0.717, 1.165) is 16.6 Å². The van der Waals surface area contributed by atoms with Crippen molar-refractivity contribution in [2.75, 3.05) is 19.7 Å². The molecule has 1 aromatic rings. The van der Waals surface area contributed by atoms with Crippen molar-refractivity contribution >= 4 is 39.1 Å². The highest BCUT2D eigenvalue weighted by atomic mass is 79.9. The molecule has 0 bridgehead atoms. The summed E-state index contributed by atoms with van der Waals surface area (Å²) in [6.07, 6.45) is 1.77. The number of carboxylic acids is 1. The Bertz CT molecular complexity index is 505. The normalized spacial score (nSPS) is 18.7. The van der Waals surface area contributed by atoms with E-state index in [4.69, 9.17) is 9.84 Å². The minimum atomic E-state index is -0.891. The zero-order valence-corrected chi connectivity index (χ0v) is 14.0. The summed E-state index contributed by atoms with van der Waals surface area (Å²) in [7, 11) is 0. The number of rotatable bonds is 6. The van der Waals surface area contributed by atoms with Crippen LogP contribution in [-0.2, 0) is 20.7 Å². The second kappa shape index (κ2) is 7.91. The molecule has 1 aliphatic heterocycles. The van der Waals surface area contributed by atoms with Crippen LogP contribution in [0.4, 0.5) is 0 Å². The van der Waals surface area contributed by atoms with Crippen LogP contribution >= 0.6 is 27.3 Å². The van der Waals surface area contributed by atoms with E-state index in [9.17, 15) is 9.59 Å². The minimum absolute atomic E-state index is 0.0486. The van der Waals surface area contributed by atoms with Crippen molar-refractivity contribution in [2.24, 2.45) is 0 Å². The predicted octanol–water partition coefficient (Wildman–Crippen LogP) is 2.54. The van der Waals surface area contributed by atoms with Crippen molar-refractivity contribution in [2.45, 2.75) is 31.8 Å². The first-order valence-corrected chi connectivity index (χ1v) is 8.51. The fraction of sp³-hybridized carbons (Fsp3) is 0.571. The molecule has 0 saturated carbocycles. The Labute approximate surface area is 136 Å². The van der Waals surface area contributed by atoms with Gasteiger partial charge in [0.2, 0.25) is 5.91 Å². The van der Waals surface area contributed by atoms with Crippen LogP contribution in [0.25, 0.3) is 0 Å². The number of amides is 1. The van der Waals surface area contributed by atoms with Crippen molar-refractivity contribution < 1.29 is 19.4 Å². The van der Waals surface area contributed by atoms with Gasteiger partial charge in [0.25, 0.3) is 0 Å². The van der Waals surface area contributed by atoms with E-state index in [1.165, 1.54) is 4.88 Å². The smallest absolute Gasteiger partial charge is 0.306 e. The summed E-state index contributed by atoms with van der Waals surface area (Å²) < 4.78 is 6.47. The number of carbonyl (C=O) groups is 2. The van der Waals surface area contributed by atoms with Gasteiger partial charge in [-0.25, -0.2) is 0 Å². The van der Waals surface area contributed by atoms with Crippen LogP contribution in [0, 0.1) is 0 Å². The van der Waals surface area contributed by atoms with Crippen LogP contribution in [0.1, 0.15) is 24.1 Å². The summed E-state index contributed by atoms with van der Waals surface area (Å²) in [4.78, 5) is 25.8. The molecule has 0 aromatic carbocycles. The van der Waals surface area contributed by atoms with E-state index in [1.54, 1.807) is 16.2 Å². The lowest BCUT2D eigenvalue weighted by Crippen LogP contribution is -2.46. The van der Waals surface area contributed by atoms with Crippen LogP contribution < -0.4 is 0 Å². The number of hydrogen-bond acceptors (Lipinski definition) is 4. The van der Waals surface area contributed by atoms with Crippen molar-refractivity contribution in [1.82, 2.24) is 4.90 Å². The lowest BCUT2D eigenvalue weighted by atomic mass is 10.1. The molecule has 0 spiro atoms. The van der Waals surface area contributed by atoms with Gasteiger partial charge < -0.3 is 14.7 Å². The Hall–Kier alpha value is -0.920. The number of carboxylic acid groups (broad SMARTS) is 1. The van der Waals surface area contributed by atoms with Crippen molar-refractivity contribution in [1.29, 1.82) is 0 Å². The van der Waals surface area contributed by atoms with Crippen LogP contribution in [0.2, 0.25) is 0 Å². The first kappa shape index (κ1) is 16.5. The van der Waals surface area contributed by atoms with Gasteiger partial charge in [-0.05, 0) is 40.9 Å². The maximum Gasteiger partial charge on any atom is 0.306 e. The highest BCUT2D eigenvalue weighted by molar-refractivity contribution is 9.11. The quantitative estimate of drug-likeness (QED) is 0.829. The molecular formula is C14H18BrNO4S. The first-order chi connectivity index (χ1) is 10.0. The second-order valence-electron chi connectivity index (χ2n) is 4.99. The Kier molecular flexibility index (Phi) is 6.20. The van der Waals surface area contributed by atoms with Gasteiger partial charge in [-0.15, -0.1) is 11.3 Å². The molecule has 0 aliphatic carbocycles. The minimum Gasteiger partial charge on any atom is -0.481 e. The summed E-state index contributed by atoms with van der Waals surface area (Å²) in [6.45, 7) is 1.36. The van der Waals surface area contributed by atoms with Gasteiger partial charge in [-0.2, -0.15) is 0 Å². The fourth-order valence-electron chi connectivity index (χ4n) is 2.32. The van der Waals surface area contributed by atoms with E-state index in [-0.39, 0.29) is 18.4 Å². The third-order valence-electron chi connectivity index (χ3n) is 3.34. The molecule has 21 heavy (non-hydrogen) atoms. The van der Waals surface area contributed by atoms with Crippen LogP contribution in [0.5, 0.6) is 0 Å². The van der Waals surface area contributed by atoms with Crippen molar-refractivity contribution in [3.63, 3.8) is 0 Å². The van der Waals surface area contributed by atoms with Crippen LogP contribution in [-0.4, -0.2) is 47.7 Å². The molecule has 1 unspecified atom stereocenters. The highest BCUT2D eigenvalue weighted by Crippen LogP contribution is 2.23. The lowest BCUT2D eigenvalue weighted by molar-refractivity contribution is -0.147. The van der Waals surface area contributed by atoms with E-state index >= 15 is 0 Å². The van der Waals surface area contributed by atoms with Gasteiger partial charge in [0, 0.05) is 24.4 Å². The van der Waals surface area contributed by atoms with E-state index in [2.05, 4.69) is 22.0 Å². The van der Waals surface area contributed by atoms with Crippen molar-refractivity contribution in [3.8, 4) is 0 Å². The van der Waals surface area contributed by atoms with Gasteiger partial charge in [-0.3, -0.25) is 9.59 Å². The van der Waals surface area contributed by atoms with Crippen LogP contribution in [0.15, 0.2) is 15.9 Å². The van der Waals surface area contributed by atoms with Gasteiger partial charge in [0.1, 0.15) is 0 Å². The second-order valence-corrected chi connectivity index (χ2v) is 7.54. The summed E-state index contributed by atoms with van der Waals surface area (Å²) in [5.74, 6) is -0.804. The van der Waals surface area contributed by atoms with E-state index in [1.807, 2.05) is 6.07 Å². The number of carbonyl (C=O) groups excluding carboxylic acids is 1. The molecule has 1 saturated heterocycles. The molecule has 1 aromatic heterocycles. The molecule has 2 heterocycles. The Morgan fingerprint density at radius 3 is 2.95 bits per heavy atom. The van der Waals surface area contributed by atoms with Crippen molar-refractivity contribution in [3.05, 3.63) is 20.8 Å². The summed E-state index contributed by atoms with van der Waals surface area (Å²) >= 11 is 5.11. The standard InChI is InChI=1S/C14H18BrNO4S/c15-12-5-4-11(21-12)2-1-3-13(17)16-6-7-20-10(9-16)8-14(18)19/h4-5,10H,1-3,6-9H2,(H,18,19). The maximum absolute atomic E-state index is 12.1. The van der Waals surface area contributed by atoms with Gasteiger partial charge in [0.05, 0.1) is 22.9 Å². The lowest BCUT2D eigenvalue weighted by Gasteiger charge is -2.32. The first-order valence-electron chi connectivity index (χ1n) is 6.90. The van der Waals surface area contributed by atoms with Gasteiger partial charge >= 0.3 is 5.97 Å². The van der Waals surface area contributed by atoms with E-state index < -0.39 is 5.97 Å². The number of ether oxygens (including phenoxy) is 1. The molecule has 1 N–H and O–H groups in total. The monoisotopic (exact) mass is 375 g/mol. The highest BCUT2D eigenvalue weighted by Gasteiger charge is 2.25. The Morgan fingerprint density at radius 1 is 1.48 bits per heavy atom. The molecular weight excluding hydrogens is 358 g/mol. The number of aliphatic carboxylic acids is 1. The molecule has 1 fully saturated rings. The average molecular weight is 376 g/mol. The van der Waals surface area contributed by atoms with Gasteiger partial charge in [-0.1, -0.05) is 0 Å². The number of nitrogens with zero attached hydrogens (tertiary/aromatic N) is 1. The molecule has 1 atom stereocenters. The Morgan fingerprint density at radius 2 is 2.29 bits per heavy atom. The van der Waals surface area contributed by atoms with Crippen LogP contribution in [0.3, 0.4) is 0 Å². The summed E-state index contributed by atoms with van der Waals surface area (Å²) in [6, 6.07) is 4.08. The molecule has 2 rings (SSSR count). The zero-order valence-electron chi connectivity index (χ0n) is 11.6.